The minimum Gasteiger partial charge on any atom is -0.392 e. The van der Waals surface area contributed by atoms with Crippen molar-refractivity contribution >= 4 is 5.91 Å². The van der Waals surface area contributed by atoms with Gasteiger partial charge >= 0.3 is 0 Å². The third-order valence-electron chi connectivity index (χ3n) is 2.09. The number of hydrogen-bond acceptors (Lipinski definition) is 4. The van der Waals surface area contributed by atoms with Crippen LogP contribution in [0.1, 0.15) is 27.2 Å². The lowest BCUT2D eigenvalue weighted by molar-refractivity contribution is -0.130. The normalized spacial score (nSPS) is 14.7. The van der Waals surface area contributed by atoms with E-state index in [1.54, 1.807) is 6.92 Å². The van der Waals surface area contributed by atoms with Crippen molar-refractivity contribution in [3.63, 3.8) is 0 Å². The summed E-state index contributed by atoms with van der Waals surface area (Å²) >= 11 is 0. The van der Waals surface area contributed by atoms with Crippen molar-refractivity contribution in [1.29, 1.82) is 0 Å². The predicted octanol–water partition coefficient (Wildman–Crippen LogP) is -0.466. The molecule has 90 valence electrons. The Hall–Kier alpha value is -0.650. The molecule has 15 heavy (non-hydrogen) atoms. The summed E-state index contributed by atoms with van der Waals surface area (Å²) in [5, 5.41) is 21.4. The van der Waals surface area contributed by atoms with Gasteiger partial charge in [-0.15, -0.1) is 0 Å². The molecule has 2 atom stereocenters. The lowest BCUT2D eigenvalue weighted by Gasteiger charge is -2.24. The number of hydrogen-bond donors (Lipinski definition) is 3. The largest absolute Gasteiger partial charge is 0.392 e. The molecule has 0 aromatic carbocycles. The third kappa shape index (κ3) is 7.30. The molecule has 0 saturated carbocycles. The fourth-order valence-corrected chi connectivity index (χ4v) is 1.10. The van der Waals surface area contributed by atoms with Crippen molar-refractivity contribution in [2.24, 2.45) is 0 Å². The van der Waals surface area contributed by atoms with Crippen LogP contribution in [0, 0.1) is 0 Å². The van der Waals surface area contributed by atoms with Gasteiger partial charge in [-0.25, -0.2) is 0 Å². The van der Waals surface area contributed by atoms with E-state index in [2.05, 4.69) is 5.32 Å². The monoisotopic (exact) mass is 218 g/mol. The molecule has 3 N–H and O–H groups in total. The summed E-state index contributed by atoms with van der Waals surface area (Å²) in [6.07, 6.45) is -0.294. The van der Waals surface area contributed by atoms with Gasteiger partial charge in [-0.2, -0.15) is 0 Å². The highest BCUT2D eigenvalue weighted by Gasteiger charge is 2.12. The summed E-state index contributed by atoms with van der Waals surface area (Å²) in [7, 11) is 0. The van der Waals surface area contributed by atoms with Gasteiger partial charge < -0.3 is 15.1 Å². The van der Waals surface area contributed by atoms with Crippen LogP contribution in [0.4, 0.5) is 0 Å². The van der Waals surface area contributed by atoms with Gasteiger partial charge in [-0.3, -0.25) is 10.1 Å². The van der Waals surface area contributed by atoms with E-state index in [-0.39, 0.29) is 5.91 Å². The van der Waals surface area contributed by atoms with Gasteiger partial charge in [0.15, 0.2) is 0 Å². The van der Waals surface area contributed by atoms with Crippen molar-refractivity contribution in [2.75, 3.05) is 19.8 Å². The van der Waals surface area contributed by atoms with E-state index < -0.39 is 12.2 Å². The molecule has 0 spiro atoms. The molecule has 1 amide bonds. The number of nitrogens with one attached hydrogen (secondary N) is 1. The second-order valence-electron chi connectivity index (χ2n) is 3.76. The van der Waals surface area contributed by atoms with E-state index in [0.29, 0.717) is 26.2 Å². The van der Waals surface area contributed by atoms with Crippen molar-refractivity contribution in [3.8, 4) is 0 Å². The fraction of sp³-hybridized carbons (Fsp3) is 0.900. The Morgan fingerprint density at radius 3 is 2.47 bits per heavy atom. The maximum atomic E-state index is 11.2. The van der Waals surface area contributed by atoms with Crippen molar-refractivity contribution in [1.82, 2.24) is 10.2 Å². The Bertz CT molecular complexity index is 186. The minimum absolute atomic E-state index is 0.0828. The summed E-state index contributed by atoms with van der Waals surface area (Å²) in [5.41, 5.74) is 0. The minimum atomic E-state index is -0.484. The first-order valence-electron chi connectivity index (χ1n) is 5.29. The highest BCUT2D eigenvalue weighted by atomic mass is 16.3. The molecule has 0 bridgehead atoms. The molecule has 0 aliphatic heterocycles. The summed E-state index contributed by atoms with van der Waals surface area (Å²) in [6, 6.07) is 0. The first-order chi connectivity index (χ1) is 6.97. The zero-order valence-electron chi connectivity index (χ0n) is 9.73. The number of amides is 1. The van der Waals surface area contributed by atoms with Crippen LogP contribution in [-0.2, 0) is 4.79 Å². The van der Waals surface area contributed by atoms with Crippen LogP contribution >= 0.6 is 0 Å². The fourth-order valence-electron chi connectivity index (χ4n) is 1.10. The van der Waals surface area contributed by atoms with Gasteiger partial charge in [0, 0.05) is 20.0 Å². The number of nitrogens with zero attached hydrogens (tertiary/aromatic N) is 1. The zero-order valence-corrected chi connectivity index (χ0v) is 9.73. The molecular weight excluding hydrogens is 196 g/mol. The van der Waals surface area contributed by atoms with Gasteiger partial charge in [0.2, 0.25) is 5.91 Å². The molecule has 0 aliphatic carbocycles. The first-order valence-corrected chi connectivity index (χ1v) is 5.29. The molecule has 5 heteroatoms. The zero-order chi connectivity index (χ0) is 11.8. The third-order valence-corrected chi connectivity index (χ3v) is 2.09. The highest BCUT2D eigenvalue weighted by molar-refractivity contribution is 5.73. The van der Waals surface area contributed by atoms with Crippen LogP contribution in [0.3, 0.4) is 0 Å². The van der Waals surface area contributed by atoms with Crippen LogP contribution in [0.15, 0.2) is 0 Å². The molecule has 0 aliphatic rings. The SMILES string of the molecule is CCC(O)CN(CNCC(C)O)C(C)=O. The van der Waals surface area contributed by atoms with E-state index in [4.69, 9.17) is 5.11 Å². The molecule has 0 rings (SSSR count). The van der Waals surface area contributed by atoms with Crippen molar-refractivity contribution in [3.05, 3.63) is 0 Å². The number of carbonyl (C=O) groups is 1. The lowest BCUT2D eigenvalue weighted by atomic mass is 10.2. The van der Waals surface area contributed by atoms with Crippen LogP contribution in [0.2, 0.25) is 0 Å². The van der Waals surface area contributed by atoms with Gasteiger partial charge in [0.25, 0.3) is 0 Å². The van der Waals surface area contributed by atoms with Crippen molar-refractivity contribution < 1.29 is 15.0 Å². The number of carbonyl (C=O) groups excluding carboxylic acids is 1. The van der Waals surface area contributed by atoms with Crippen LogP contribution < -0.4 is 5.32 Å². The van der Waals surface area contributed by atoms with E-state index in [1.807, 2.05) is 6.92 Å². The molecule has 2 unspecified atom stereocenters. The summed E-state index contributed by atoms with van der Waals surface area (Å²) in [4.78, 5) is 12.7. The molecule has 0 aromatic rings. The molecule has 0 saturated heterocycles. The van der Waals surface area contributed by atoms with E-state index in [1.165, 1.54) is 11.8 Å². The Kier molecular flexibility index (Phi) is 7.29. The summed E-state index contributed by atoms with van der Waals surface area (Å²) in [6.45, 7) is 6.13. The van der Waals surface area contributed by atoms with E-state index in [0.717, 1.165) is 0 Å². The van der Waals surface area contributed by atoms with Crippen LogP contribution in [0.5, 0.6) is 0 Å². The number of aliphatic hydroxyl groups excluding tert-OH is 2. The Labute approximate surface area is 91.1 Å². The maximum absolute atomic E-state index is 11.2. The smallest absolute Gasteiger partial charge is 0.220 e. The first kappa shape index (κ1) is 14.3. The van der Waals surface area contributed by atoms with Gasteiger partial charge in [-0.05, 0) is 13.3 Å². The quantitative estimate of drug-likeness (QED) is 0.505. The maximum Gasteiger partial charge on any atom is 0.220 e. The van der Waals surface area contributed by atoms with Crippen LogP contribution in [0.25, 0.3) is 0 Å². The Balaban J connectivity index is 3.89. The molecule has 0 aromatic heterocycles. The molecule has 0 radical (unpaired) electrons. The average molecular weight is 218 g/mol. The Morgan fingerprint density at radius 1 is 1.47 bits per heavy atom. The predicted molar refractivity (Wildman–Crippen MR) is 58.2 cm³/mol. The van der Waals surface area contributed by atoms with E-state index in [9.17, 15) is 9.90 Å². The van der Waals surface area contributed by atoms with E-state index >= 15 is 0 Å². The lowest BCUT2D eigenvalue weighted by Crippen LogP contribution is -2.43. The molecule has 5 nitrogen and oxygen atoms in total. The molecular formula is C10H22N2O3. The average Bonchev–Trinajstić information content (AvgIpc) is 2.15. The highest BCUT2D eigenvalue weighted by Crippen LogP contribution is 1.96. The molecule has 0 fully saturated rings. The molecule has 0 heterocycles. The number of rotatable bonds is 7. The standard InChI is InChI=1S/C10H22N2O3/c1-4-10(15)6-12(9(3)14)7-11-5-8(2)13/h8,10-11,13,15H,4-7H2,1-3H3. The summed E-state index contributed by atoms with van der Waals surface area (Å²) < 4.78 is 0. The topological polar surface area (TPSA) is 72.8 Å². The van der Waals surface area contributed by atoms with Gasteiger partial charge in [-0.1, -0.05) is 6.92 Å². The van der Waals surface area contributed by atoms with Crippen molar-refractivity contribution in [2.45, 2.75) is 39.4 Å². The Morgan fingerprint density at radius 2 is 2.07 bits per heavy atom. The van der Waals surface area contributed by atoms with Crippen LogP contribution in [-0.4, -0.2) is 53.0 Å². The second-order valence-corrected chi connectivity index (χ2v) is 3.76. The number of aliphatic hydroxyl groups is 2. The van der Waals surface area contributed by atoms with Gasteiger partial charge in [0.05, 0.1) is 18.9 Å². The summed E-state index contributed by atoms with van der Waals surface area (Å²) in [5.74, 6) is -0.0828. The van der Waals surface area contributed by atoms with Gasteiger partial charge in [0.1, 0.15) is 0 Å². The second kappa shape index (κ2) is 7.62.